The maximum atomic E-state index is 12.5. The van der Waals surface area contributed by atoms with Crippen molar-refractivity contribution in [2.45, 2.75) is 25.7 Å². The van der Waals surface area contributed by atoms with Gasteiger partial charge in [-0.25, -0.2) is 0 Å². The van der Waals surface area contributed by atoms with Gasteiger partial charge < -0.3 is 10.2 Å². The topological polar surface area (TPSA) is 32.3 Å². The molecule has 114 valence electrons. The number of anilines is 2. The van der Waals surface area contributed by atoms with Gasteiger partial charge in [0.25, 0.3) is 5.91 Å². The highest BCUT2D eigenvalue weighted by molar-refractivity contribution is 6.04. The number of nitrogens with one attached hydrogen (secondary N) is 1. The van der Waals surface area contributed by atoms with Crippen LogP contribution in [0.4, 0.5) is 11.4 Å². The minimum atomic E-state index is -0.0377. The fraction of sp³-hybridized carbons (Fsp3) is 0.316. The first-order chi connectivity index (χ1) is 10.6. The van der Waals surface area contributed by atoms with E-state index in [2.05, 4.69) is 11.4 Å². The van der Waals surface area contributed by atoms with E-state index in [1.54, 1.807) is 0 Å². The summed E-state index contributed by atoms with van der Waals surface area (Å²) in [5, 5.41) is 3.08. The van der Waals surface area contributed by atoms with E-state index in [9.17, 15) is 4.79 Å². The van der Waals surface area contributed by atoms with Crippen LogP contribution in [0, 0.1) is 0 Å². The molecule has 0 aromatic heterocycles. The van der Waals surface area contributed by atoms with Crippen molar-refractivity contribution in [3.8, 4) is 0 Å². The minimum Gasteiger partial charge on any atom is -0.378 e. The summed E-state index contributed by atoms with van der Waals surface area (Å²) >= 11 is 0. The van der Waals surface area contributed by atoms with Gasteiger partial charge in [0.2, 0.25) is 0 Å². The van der Waals surface area contributed by atoms with E-state index in [4.69, 9.17) is 0 Å². The molecule has 1 aliphatic carbocycles. The molecule has 1 aliphatic rings. The number of carbonyl (C=O) groups excluding carboxylic acids is 1. The summed E-state index contributed by atoms with van der Waals surface area (Å²) in [5.41, 5.74) is 5.45. The molecule has 0 radical (unpaired) electrons. The predicted molar refractivity (Wildman–Crippen MR) is 91.8 cm³/mol. The first kappa shape index (κ1) is 14.6. The molecule has 0 spiro atoms. The lowest BCUT2D eigenvalue weighted by Crippen LogP contribution is -2.16. The van der Waals surface area contributed by atoms with Crippen LogP contribution < -0.4 is 10.2 Å². The quantitative estimate of drug-likeness (QED) is 0.931. The molecular weight excluding hydrogens is 272 g/mol. The first-order valence-electron chi connectivity index (χ1n) is 7.84. The highest BCUT2D eigenvalue weighted by Gasteiger charge is 2.15. The molecule has 1 N–H and O–H groups in total. The van der Waals surface area contributed by atoms with Crippen LogP contribution in [0.1, 0.15) is 34.3 Å². The zero-order valence-electron chi connectivity index (χ0n) is 13.2. The summed E-state index contributed by atoms with van der Waals surface area (Å²) in [6.07, 6.45) is 4.63. The fourth-order valence-corrected chi connectivity index (χ4v) is 3.00. The average molecular weight is 294 g/mol. The maximum absolute atomic E-state index is 12.5. The lowest BCUT2D eigenvalue weighted by atomic mass is 9.90. The van der Waals surface area contributed by atoms with Crippen molar-refractivity contribution in [1.29, 1.82) is 0 Å². The Hall–Kier alpha value is -2.29. The Morgan fingerprint density at radius 1 is 1.00 bits per heavy atom. The summed E-state index contributed by atoms with van der Waals surface area (Å²) in [6.45, 7) is 0. The molecule has 0 aliphatic heterocycles. The number of benzene rings is 2. The molecule has 3 nitrogen and oxygen atoms in total. The number of hydrogen-bond acceptors (Lipinski definition) is 2. The fourth-order valence-electron chi connectivity index (χ4n) is 3.00. The van der Waals surface area contributed by atoms with Crippen molar-refractivity contribution < 1.29 is 4.79 Å². The summed E-state index contributed by atoms with van der Waals surface area (Å²) in [6, 6.07) is 13.9. The van der Waals surface area contributed by atoms with E-state index < -0.39 is 0 Å². The third-order valence-electron chi connectivity index (χ3n) is 4.29. The lowest BCUT2D eigenvalue weighted by molar-refractivity contribution is 0.102. The van der Waals surface area contributed by atoms with Gasteiger partial charge in [-0.15, -0.1) is 0 Å². The molecule has 3 heteroatoms. The monoisotopic (exact) mass is 294 g/mol. The van der Waals surface area contributed by atoms with Crippen LogP contribution in [-0.4, -0.2) is 20.0 Å². The van der Waals surface area contributed by atoms with Gasteiger partial charge in [0.1, 0.15) is 0 Å². The van der Waals surface area contributed by atoms with Gasteiger partial charge in [0.15, 0.2) is 0 Å². The average Bonchev–Trinajstić information content (AvgIpc) is 2.55. The van der Waals surface area contributed by atoms with Gasteiger partial charge in [-0.1, -0.05) is 12.1 Å². The molecule has 3 rings (SSSR count). The van der Waals surface area contributed by atoms with Crippen LogP contribution in [-0.2, 0) is 12.8 Å². The van der Waals surface area contributed by atoms with Gasteiger partial charge in [-0.3, -0.25) is 4.79 Å². The first-order valence-corrected chi connectivity index (χ1v) is 7.84. The molecular formula is C19H22N2O. The number of hydrogen-bond donors (Lipinski definition) is 1. The van der Waals surface area contributed by atoms with Crippen molar-refractivity contribution >= 4 is 17.3 Å². The number of nitrogens with zero attached hydrogens (tertiary/aromatic N) is 1. The standard InChI is InChI=1S/C19H22N2O/c1-21(2)16-12-10-15(11-13-16)19(22)20-18-9-5-7-14-6-3-4-8-17(14)18/h5,7,9-13H,3-4,6,8H2,1-2H3,(H,20,22). The van der Waals surface area contributed by atoms with Crippen LogP contribution in [0.5, 0.6) is 0 Å². The Bertz CT molecular complexity index is 674. The van der Waals surface area contributed by atoms with Crippen molar-refractivity contribution in [2.75, 3.05) is 24.3 Å². The minimum absolute atomic E-state index is 0.0377. The summed E-state index contributed by atoms with van der Waals surface area (Å²) < 4.78 is 0. The summed E-state index contributed by atoms with van der Waals surface area (Å²) in [7, 11) is 3.98. The van der Waals surface area contributed by atoms with E-state index in [1.807, 2.05) is 55.4 Å². The predicted octanol–water partition coefficient (Wildman–Crippen LogP) is 3.88. The SMILES string of the molecule is CN(C)c1ccc(C(=O)Nc2cccc3c2CCCC3)cc1. The van der Waals surface area contributed by atoms with E-state index in [0.29, 0.717) is 5.56 Å². The molecule has 0 saturated carbocycles. The smallest absolute Gasteiger partial charge is 0.255 e. The Labute approximate surface area is 132 Å². The second-order valence-electron chi connectivity index (χ2n) is 6.05. The molecule has 0 unspecified atom stereocenters. The van der Waals surface area contributed by atoms with Crippen LogP contribution in [0.15, 0.2) is 42.5 Å². The Morgan fingerprint density at radius 2 is 1.73 bits per heavy atom. The molecule has 2 aromatic rings. The van der Waals surface area contributed by atoms with E-state index in [1.165, 1.54) is 24.0 Å². The van der Waals surface area contributed by atoms with Gasteiger partial charge in [-0.2, -0.15) is 0 Å². The highest BCUT2D eigenvalue weighted by Crippen LogP contribution is 2.28. The van der Waals surface area contributed by atoms with Crippen LogP contribution in [0.25, 0.3) is 0 Å². The van der Waals surface area contributed by atoms with Gasteiger partial charge in [0, 0.05) is 31.0 Å². The van der Waals surface area contributed by atoms with Crippen molar-refractivity contribution in [3.63, 3.8) is 0 Å². The molecule has 0 fully saturated rings. The van der Waals surface area contributed by atoms with E-state index in [0.717, 1.165) is 24.2 Å². The van der Waals surface area contributed by atoms with Gasteiger partial charge in [-0.05, 0) is 67.1 Å². The second kappa shape index (κ2) is 6.22. The summed E-state index contributed by atoms with van der Waals surface area (Å²) in [4.78, 5) is 14.5. The highest BCUT2D eigenvalue weighted by atomic mass is 16.1. The maximum Gasteiger partial charge on any atom is 0.255 e. The van der Waals surface area contributed by atoms with Crippen LogP contribution in [0.3, 0.4) is 0 Å². The molecule has 0 bridgehead atoms. The number of amides is 1. The number of fused-ring (bicyclic) bond motifs is 1. The van der Waals surface area contributed by atoms with E-state index in [-0.39, 0.29) is 5.91 Å². The normalized spacial score (nSPS) is 13.4. The number of rotatable bonds is 3. The number of carbonyl (C=O) groups is 1. The molecule has 0 atom stereocenters. The molecule has 0 saturated heterocycles. The Balaban J connectivity index is 1.80. The van der Waals surface area contributed by atoms with Crippen LogP contribution >= 0.6 is 0 Å². The van der Waals surface area contributed by atoms with Crippen molar-refractivity contribution in [1.82, 2.24) is 0 Å². The molecule has 22 heavy (non-hydrogen) atoms. The van der Waals surface area contributed by atoms with Gasteiger partial charge >= 0.3 is 0 Å². The van der Waals surface area contributed by atoms with Crippen LogP contribution in [0.2, 0.25) is 0 Å². The summed E-state index contributed by atoms with van der Waals surface area (Å²) in [5.74, 6) is -0.0377. The lowest BCUT2D eigenvalue weighted by Gasteiger charge is -2.19. The van der Waals surface area contributed by atoms with Crippen molar-refractivity contribution in [2.24, 2.45) is 0 Å². The Kier molecular flexibility index (Phi) is 4.14. The number of aryl methyl sites for hydroxylation is 1. The third-order valence-corrected chi connectivity index (χ3v) is 4.29. The van der Waals surface area contributed by atoms with E-state index >= 15 is 0 Å². The molecule has 0 heterocycles. The largest absolute Gasteiger partial charge is 0.378 e. The zero-order chi connectivity index (χ0) is 15.5. The van der Waals surface area contributed by atoms with Crippen molar-refractivity contribution in [3.05, 3.63) is 59.2 Å². The zero-order valence-corrected chi connectivity index (χ0v) is 13.2. The third kappa shape index (κ3) is 2.98. The Morgan fingerprint density at radius 3 is 2.45 bits per heavy atom. The van der Waals surface area contributed by atoms with Gasteiger partial charge in [0.05, 0.1) is 0 Å². The second-order valence-corrected chi connectivity index (χ2v) is 6.05. The molecule has 1 amide bonds. The molecule has 2 aromatic carbocycles.